The number of alkyl halides is 3. The average molecular weight is 613 g/mol. The van der Waals surface area contributed by atoms with Gasteiger partial charge in [0.25, 0.3) is 15.9 Å². The lowest BCUT2D eigenvalue weighted by Gasteiger charge is -2.31. The smallest absolute Gasteiger partial charge is 0.475 e. The van der Waals surface area contributed by atoms with Crippen LogP contribution in [0.25, 0.3) is 0 Å². The standard InChI is InChI=1S/C27H38N4O3S.C2HF3O2/c1-3-20(2)29-27(32)25-19-23(11-14-26(25)31-17-15-28-16-18-31)30-35(33,34)24-12-9-22(10-13-24)21-7-5-4-6-8-21;3-2(4,5)1(6)7/h9-14,19-21,28,30H,3-8,15-18H2,1-2H3,(H,29,32);(H,6,7). The summed E-state index contributed by atoms with van der Waals surface area (Å²) < 4.78 is 60.7. The molecule has 1 saturated carbocycles. The van der Waals surface area contributed by atoms with Crippen molar-refractivity contribution in [2.45, 2.75) is 75.4 Å². The Bertz CT molecular complexity index is 1310. The number of rotatable bonds is 8. The van der Waals surface area contributed by atoms with Crippen molar-refractivity contribution in [1.29, 1.82) is 0 Å². The van der Waals surface area contributed by atoms with Crippen molar-refractivity contribution in [2.75, 3.05) is 35.8 Å². The number of nitrogens with zero attached hydrogens (tertiary/aromatic N) is 1. The predicted octanol–water partition coefficient (Wildman–Crippen LogP) is 5.11. The van der Waals surface area contributed by atoms with Gasteiger partial charge in [-0.15, -0.1) is 0 Å². The second-order valence-electron chi connectivity index (χ2n) is 10.6. The molecule has 0 aromatic heterocycles. The summed E-state index contributed by atoms with van der Waals surface area (Å²) in [7, 11) is -3.77. The van der Waals surface area contributed by atoms with Crippen molar-refractivity contribution in [2.24, 2.45) is 0 Å². The van der Waals surface area contributed by atoms with Crippen molar-refractivity contribution in [3.63, 3.8) is 0 Å². The number of carbonyl (C=O) groups excluding carboxylic acids is 1. The van der Waals surface area contributed by atoms with E-state index in [1.54, 1.807) is 24.3 Å². The normalized spacial score (nSPS) is 17.0. The summed E-state index contributed by atoms with van der Waals surface area (Å²) in [5.74, 6) is -2.42. The zero-order valence-corrected chi connectivity index (χ0v) is 24.7. The molecule has 1 amide bonds. The first-order valence-electron chi connectivity index (χ1n) is 14.1. The van der Waals surface area contributed by atoms with Crippen LogP contribution in [0.3, 0.4) is 0 Å². The number of amides is 1. The van der Waals surface area contributed by atoms with Crippen molar-refractivity contribution < 1.29 is 36.3 Å². The lowest BCUT2D eigenvalue weighted by atomic mass is 9.84. The number of nitrogens with one attached hydrogen (secondary N) is 3. The van der Waals surface area contributed by atoms with Crippen molar-refractivity contribution in [3.05, 3.63) is 53.6 Å². The molecule has 1 aliphatic carbocycles. The number of anilines is 2. The molecule has 9 nitrogen and oxygen atoms in total. The molecule has 0 radical (unpaired) electrons. The molecule has 1 saturated heterocycles. The fourth-order valence-electron chi connectivity index (χ4n) is 4.94. The maximum absolute atomic E-state index is 13.2. The zero-order chi connectivity index (χ0) is 30.9. The van der Waals surface area contributed by atoms with Gasteiger partial charge in [-0.25, -0.2) is 13.2 Å². The number of sulfonamides is 1. The molecule has 232 valence electrons. The summed E-state index contributed by atoms with van der Waals surface area (Å²) in [6.45, 7) is 7.26. The van der Waals surface area contributed by atoms with Crippen LogP contribution < -0.4 is 20.3 Å². The van der Waals surface area contributed by atoms with Crippen LogP contribution in [0.2, 0.25) is 0 Å². The van der Waals surface area contributed by atoms with E-state index < -0.39 is 22.2 Å². The molecule has 2 aromatic rings. The quantitative estimate of drug-likeness (QED) is 0.326. The third-order valence-corrected chi connectivity index (χ3v) is 8.85. The second-order valence-corrected chi connectivity index (χ2v) is 12.2. The molecule has 1 unspecified atom stereocenters. The SMILES string of the molecule is CCC(C)NC(=O)c1cc(NS(=O)(=O)c2ccc(C3CCCCC3)cc2)ccc1N1CCNCC1.O=C(O)C(F)(F)F. The molecule has 4 rings (SSSR count). The molecule has 2 aromatic carbocycles. The van der Waals surface area contributed by atoms with Gasteiger partial charge in [0.1, 0.15) is 0 Å². The molecule has 2 aliphatic rings. The van der Waals surface area contributed by atoms with E-state index in [-0.39, 0.29) is 16.8 Å². The van der Waals surface area contributed by atoms with Crippen LogP contribution in [0.4, 0.5) is 24.5 Å². The predicted molar refractivity (Wildman–Crippen MR) is 156 cm³/mol. The van der Waals surface area contributed by atoms with E-state index in [4.69, 9.17) is 9.90 Å². The van der Waals surface area contributed by atoms with Crippen molar-refractivity contribution in [3.8, 4) is 0 Å². The summed E-state index contributed by atoms with van der Waals surface area (Å²) >= 11 is 0. The number of halogens is 3. The van der Waals surface area contributed by atoms with E-state index >= 15 is 0 Å². The topological polar surface area (TPSA) is 128 Å². The summed E-state index contributed by atoms with van der Waals surface area (Å²) in [6, 6.07) is 12.6. The minimum atomic E-state index is -5.08. The first kappa shape index (κ1) is 33.2. The van der Waals surface area contributed by atoms with E-state index in [0.29, 0.717) is 17.2 Å². The highest BCUT2D eigenvalue weighted by atomic mass is 32.2. The van der Waals surface area contributed by atoms with Gasteiger partial charge in [0.05, 0.1) is 10.5 Å². The molecule has 1 aliphatic heterocycles. The third kappa shape index (κ3) is 9.35. The Morgan fingerprint density at radius 3 is 2.19 bits per heavy atom. The summed E-state index contributed by atoms with van der Waals surface area (Å²) in [5, 5.41) is 13.5. The number of piperazine rings is 1. The lowest BCUT2D eigenvalue weighted by Crippen LogP contribution is -2.44. The molecule has 1 atom stereocenters. The van der Waals surface area contributed by atoms with Crippen molar-refractivity contribution >= 4 is 33.3 Å². The summed E-state index contributed by atoms with van der Waals surface area (Å²) in [4.78, 5) is 24.4. The first-order valence-corrected chi connectivity index (χ1v) is 15.6. The van der Waals surface area contributed by atoms with Crippen LogP contribution >= 0.6 is 0 Å². The van der Waals surface area contributed by atoms with Crippen LogP contribution in [-0.2, 0) is 14.8 Å². The van der Waals surface area contributed by atoms with Crippen LogP contribution in [0, 0.1) is 0 Å². The maximum Gasteiger partial charge on any atom is 0.490 e. The van der Waals surface area contributed by atoms with Gasteiger partial charge in [-0.05, 0) is 68.0 Å². The molecule has 4 N–H and O–H groups in total. The average Bonchev–Trinajstić information content (AvgIpc) is 2.97. The van der Waals surface area contributed by atoms with Gasteiger partial charge >= 0.3 is 12.1 Å². The van der Waals surface area contributed by atoms with Crippen LogP contribution in [0.5, 0.6) is 0 Å². The molecule has 2 fully saturated rings. The Labute approximate surface area is 244 Å². The lowest BCUT2D eigenvalue weighted by molar-refractivity contribution is -0.192. The Kier molecular flexibility index (Phi) is 11.6. The van der Waals surface area contributed by atoms with Crippen LogP contribution in [0.15, 0.2) is 47.4 Å². The highest BCUT2D eigenvalue weighted by Gasteiger charge is 2.38. The van der Waals surface area contributed by atoms with Crippen LogP contribution in [-0.4, -0.2) is 63.8 Å². The Morgan fingerprint density at radius 2 is 1.64 bits per heavy atom. The number of carboxylic acid groups (broad SMARTS) is 1. The largest absolute Gasteiger partial charge is 0.490 e. The fraction of sp³-hybridized carbons (Fsp3) is 0.517. The van der Waals surface area contributed by atoms with Gasteiger partial charge in [-0.2, -0.15) is 13.2 Å². The van der Waals surface area contributed by atoms with E-state index in [1.807, 2.05) is 32.0 Å². The number of aliphatic carboxylic acids is 1. The van der Waals surface area contributed by atoms with E-state index in [0.717, 1.165) is 38.3 Å². The van der Waals surface area contributed by atoms with E-state index in [1.165, 1.54) is 37.7 Å². The number of carbonyl (C=O) groups is 2. The first-order chi connectivity index (χ1) is 19.8. The van der Waals surface area contributed by atoms with E-state index in [2.05, 4.69) is 20.3 Å². The van der Waals surface area contributed by atoms with Gasteiger partial charge in [0, 0.05) is 43.6 Å². The molecule has 13 heteroatoms. The number of hydrogen-bond acceptors (Lipinski definition) is 6. The number of carboxylic acids is 1. The monoisotopic (exact) mass is 612 g/mol. The zero-order valence-electron chi connectivity index (χ0n) is 23.8. The second kappa shape index (κ2) is 14.7. The summed E-state index contributed by atoms with van der Waals surface area (Å²) in [6.07, 6.45) is 1.85. The molecule has 0 spiro atoms. The Morgan fingerprint density at radius 1 is 1.05 bits per heavy atom. The minimum absolute atomic E-state index is 0.0291. The van der Waals surface area contributed by atoms with Gasteiger partial charge in [-0.1, -0.05) is 38.3 Å². The number of hydrogen-bond donors (Lipinski definition) is 4. The molecular formula is C29H39F3N4O5S. The Hall–Kier alpha value is -3.32. The van der Waals surface area contributed by atoms with E-state index in [9.17, 15) is 26.4 Å². The highest BCUT2D eigenvalue weighted by Crippen LogP contribution is 2.33. The fourth-order valence-corrected chi connectivity index (χ4v) is 5.99. The minimum Gasteiger partial charge on any atom is -0.475 e. The van der Waals surface area contributed by atoms with Gasteiger partial charge in [0.2, 0.25) is 0 Å². The molecular weight excluding hydrogens is 573 g/mol. The van der Waals surface area contributed by atoms with Gasteiger partial charge in [0.15, 0.2) is 0 Å². The van der Waals surface area contributed by atoms with Gasteiger partial charge < -0.3 is 20.6 Å². The van der Waals surface area contributed by atoms with Crippen LogP contribution in [0.1, 0.15) is 74.2 Å². The highest BCUT2D eigenvalue weighted by molar-refractivity contribution is 7.92. The third-order valence-electron chi connectivity index (χ3n) is 7.45. The molecule has 1 heterocycles. The number of benzene rings is 2. The molecule has 42 heavy (non-hydrogen) atoms. The maximum atomic E-state index is 13.2. The molecule has 0 bridgehead atoms. The van der Waals surface area contributed by atoms with Crippen molar-refractivity contribution in [1.82, 2.24) is 10.6 Å². The van der Waals surface area contributed by atoms with Gasteiger partial charge in [-0.3, -0.25) is 9.52 Å². The summed E-state index contributed by atoms with van der Waals surface area (Å²) in [5.41, 5.74) is 2.91. The Balaban J connectivity index is 0.000000616.